The zero-order chi connectivity index (χ0) is 77.1. The van der Waals surface area contributed by atoms with Crippen LogP contribution in [0.3, 0.4) is 0 Å². The molecule has 0 bridgehead atoms. The fourth-order valence-electron chi connectivity index (χ4n) is 11.0. The number of pyridine rings is 1. The molecule has 1 aromatic heterocycles. The normalized spacial score (nSPS) is 10.6. The van der Waals surface area contributed by atoms with Crippen LogP contribution in [0.2, 0.25) is 0 Å². The van der Waals surface area contributed by atoms with Crippen LogP contribution in [-0.4, -0.2) is 4.98 Å². The Morgan fingerprint density at radius 3 is 0.298 bits per heavy atom. The molecule has 0 aliphatic rings. The van der Waals surface area contributed by atoms with E-state index in [9.17, 15) is 56.8 Å². The van der Waals surface area contributed by atoms with E-state index in [1.807, 2.05) is 382 Å². The minimum absolute atomic E-state index is 0. The van der Waals surface area contributed by atoms with Crippen LogP contribution in [0.5, 0.6) is 0 Å². The van der Waals surface area contributed by atoms with Crippen molar-refractivity contribution < 1.29 is 129 Å². The molecular formula is C89H89NO15P6V3. The van der Waals surface area contributed by atoms with Gasteiger partial charge >= 0.3 is 55.7 Å². The molecule has 0 fully saturated rings. The summed E-state index contributed by atoms with van der Waals surface area (Å²) in [5, 5.41) is 0. The number of rotatable bonds is 24. The summed E-state index contributed by atoms with van der Waals surface area (Å²) < 4.78 is 72.0. The molecule has 1 heterocycles. The van der Waals surface area contributed by atoms with E-state index < -0.39 is 44.2 Å². The summed E-state index contributed by atoms with van der Waals surface area (Å²) in [6.07, 6.45) is 5.03. The fraction of sp³-hybridized carbons (Fsp3) is 0.135. The predicted octanol–water partition coefficient (Wildman–Crippen LogP) is 18.9. The van der Waals surface area contributed by atoms with Crippen LogP contribution in [0.25, 0.3) is 0 Å². The molecule has 0 saturated heterocycles. The van der Waals surface area contributed by atoms with Gasteiger partial charge in [0.2, 0.25) is 0 Å². The largest absolute Gasteiger partial charge is 4.00 e. The molecule has 0 amide bonds. The Balaban J connectivity index is 0.000000666. The molecule has 585 valence electrons. The van der Waals surface area contributed by atoms with E-state index in [0.29, 0.717) is 0 Å². The van der Waals surface area contributed by atoms with Gasteiger partial charge in [-0.2, -0.15) is 0 Å². The Kier molecular flexibility index (Phi) is 52.1. The second kappa shape index (κ2) is 56.8. The first-order valence-electron chi connectivity index (χ1n) is 35.0. The third kappa shape index (κ3) is 46.9. The third-order valence-corrected chi connectivity index (χ3v) is 25.9. The Morgan fingerprint density at radius 1 is 0.158 bits per heavy atom. The molecule has 0 saturated carbocycles. The first-order chi connectivity index (χ1) is 51.9. The van der Waals surface area contributed by atoms with E-state index in [-0.39, 0.29) is 146 Å². The van der Waals surface area contributed by atoms with Gasteiger partial charge < -0.3 is 73.2 Å². The molecule has 13 aromatic rings. The van der Waals surface area contributed by atoms with Gasteiger partial charge in [0.05, 0.1) is 0 Å². The van der Waals surface area contributed by atoms with Crippen LogP contribution in [0.1, 0.15) is 66.8 Å². The average molecular weight is 1750 g/mol. The van der Waals surface area contributed by atoms with E-state index in [1.54, 1.807) is 12.4 Å². The molecule has 0 spiro atoms. The van der Waals surface area contributed by atoms with Crippen molar-refractivity contribution in [3.63, 3.8) is 0 Å². The SMILES string of the molecule is O=P([O-])(Cc1ccccc1)Cc1ccccc1.O=P([O-])(Cc1ccccc1)Cc1ccccc1.O=P([O-])(Cc1ccccc1)Cc1ccccc1.O=P([O-])(Cc1ccccc1)Cc1ccccc1.O=P([O-])(Cc1ccccc1)Cc1ccccc1.O=P([O-])(Cc1ccccc1)Cc1ccccc1.[O-2].[O-2].[O-2].[V+4].[V+4].[V+4].c1ccncc1. The minimum atomic E-state index is -3.39. The molecular weight excluding hydrogens is 1660 g/mol. The number of nitrogens with zero attached hydrogens (tertiary/aromatic N) is 1. The third-order valence-electron chi connectivity index (χ3n) is 15.8. The predicted molar refractivity (Wildman–Crippen MR) is 434 cm³/mol. The molecule has 0 atom stereocenters. The molecule has 0 unspecified atom stereocenters. The maximum absolute atomic E-state index is 12.0. The van der Waals surface area contributed by atoms with Gasteiger partial charge in [0, 0.05) is 131 Å². The summed E-state index contributed by atoms with van der Waals surface area (Å²) in [5.41, 5.74) is 10.2. The van der Waals surface area contributed by atoms with Crippen LogP contribution in [0.15, 0.2) is 395 Å². The molecule has 12 aromatic carbocycles. The van der Waals surface area contributed by atoms with Gasteiger partial charge in [0.15, 0.2) is 0 Å². The molecule has 0 aliphatic carbocycles. The molecule has 13 rings (SSSR count). The van der Waals surface area contributed by atoms with E-state index >= 15 is 0 Å². The quantitative estimate of drug-likeness (QED) is 0.0508. The van der Waals surface area contributed by atoms with Crippen molar-refractivity contribution in [3.8, 4) is 0 Å². The number of aromatic nitrogens is 1. The first-order valence-corrected chi connectivity index (χ1v) is 47.0. The van der Waals surface area contributed by atoms with Gasteiger partial charge in [-0.25, -0.2) is 0 Å². The number of benzene rings is 12. The van der Waals surface area contributed by atoms with Crippen LogP contribution >= 0.6 is 44.2 Å². The maximum Gasteiger partial charge on any atom is 4.00 e. The van der Waals surface area contributed by atoms with E-state index in [2.05, 4.69) is 4.98 Å². The van der Waals surface area contributed by atoms with Crippen molar-refractivity contribution in [2.24, 2.45) is 0 Å². The first kappa shape index (κ1) is 105. The Labute approximate surface area is 707 Å². The zero-order valence-corrected chi connectivity index (χ0v) is 72.2. The Morgan fingerprint density at radius 2 is 0.237 bits per heavy atom. The smallest absolute Gasteiger partial charge is 2.00 e. The summed E-state index contributed by atoms with van der Waals surface area (Å²) in [7, 11) is -20.3. The van der Waals surface area contributed by atoms with Gasteiger partial charge in [0.25, 0.3) is 0 Å². The second-order valence-electron chi connectivity index (χ2n) is 25.6. The maximum atomic E-state index is 12.0. The van der Waals surface area contributed by atoms with Crippen LogP contribution < -0.4 is 29.4 Å². The van der Waals surface area contributed by atoms with Gasteiger partial charge in [-0.1, -0.05) is 370 Å². The summed E-state index contributed by atoms with van der Waals surface area (Å²) in [6.45, 7) is 0. The van der Waals surface area contributed by atoms with Crippen molar-refractivity contribution in [1.29, 1.82) is 0 Å². The average Bonchev–Trinajstić information content (AvgIpc) is 0.896. The number of hydrogen-bond acceptors (Lipinski definition) is 13. The minimum Gasteiger partial charge on any atom is -2.00 e. The van der Waals surface area contributed by atoms with Crippen molar-refractivity contribution in [3.05, 3.63) is 461 Å². The molecule has 0 aliphatic heterocycles. The van der Waals surface area contributed by atoms with Crippen molar-refractivity contribution in [1.82, 2.24) is 4.98 Å². The van der Waals surface area contributed by atoms with Crippen molar-refractivity contribution in [2.45, 2.75) is 73.9 Å². The zero-order valence-electron chi connectivity index (χ0n) is 62.6. The van der Waals surface area contributed by atoms with Crippen molar-refractivity contribution >= 4 is 44.2 Å². The fourth-order valence-corrected chi connectivity index (χ4v) is 20.9. The molecule has 114 heavy (non-hydrogen) atoms. The molecule has 16 nitrogen and oxygen atoms in total. The summed E-state index contributed by atoms with van der Waals surface area (Å²) in [4.78, 5) is 75.8. The number of hydrogen-bond donors (Lipinski definition) is 0. The summed E-state index contributed by atoms with van der Waals surface area (Å²) in [6, 6.07) is 117. The monoisotopic (exact) mass is 1750 g/mol. The van der Waals surface area contributed by atoms with E-state index in [1.165, 1.54) is 0 Å². The van der Waals surface area contributed by atoms with Crippen molar-refractivity contribution in [2.75, 3.05) is 0 Å². The molecule has 0 N–H and O–H groups in total. The van der Waals surface area contributed by atoms with Gasteiger partial charge in [0.1, 0.15) is 0 Å². The molecule has 25 heteroatoms. The van der Waals surface area contributed by atoms with Gasteiger partial charge in [-0.15, -0.1) is 0 Å². The second-order valence-corrected chi connectivity index (χ2v) is 39.2. The van der Waals surface area contributed by atoms with Crippen LogP contribution in [0, 0.1) is 0 Å². The van der Waals surface area contributed by atoms with Crippen LogP contribution in [0.4, 0.5) is 0 Å². The summed E-state index contributed by atoms with van der Waals surface area (Å²) >= 11 is 0. The standard InChI is InChI=1S/6C14H15O2P.C5H5N.3O.3V/c6*15-17(16,11-13-7-3-1-4-8-13)12-14-9-5-2-6-10-14;1-2-4-6-5-3-1;;;;;;/h6*1-10H,11-12H2,(H,15,16);1-5H;;;;;;/q;;;;;;;3*-2;3*+4/p-6. The Bertz CT molecular complexity index is 3830. The van der Waals surface area contributed by atoms with E-state index in [0.717, 1.165) is 66.8 Å². The topological polar surface area (TPSA) is 339 Å². The van der Waals surface area contributed by atoms with Gasteiger partial charge in [-0.3, -0.25) is 4.98 Å². The van der Waals surface area contributed by atoms with Crippen LogP contribution in [-0.2, 0) is 173 Å². The van der Waals surface area contributed by atoms with Gasteiger partial charge in [-0.05, 0) is 78.9 Å². The Hall–Kier alpha value is -7.44. The summed E-state index contributed by atoms with van der Waals surface area (Å²) in [5.74, 6) is 0. The van der Waals surface area contributed by atoms with E-state index in [4.69, 9.17) is 0 Å². The molecule has 3 radical (unpaired) electrons.